The van der Waals surface area contributed by atoms with Gasteiger partial charge in [-0.05, 0) is 48.9 Å². The number of sulfonamides is 1. The third-order valence-corrected chi connectivity index (χ3v) is 7.67. The standard InChI is InChI=1S/C18H21FN4O3S/c19-12-3-5-14(6-4-12)27(25,26)22-10-15-16(11-22)18(15)21-9-17(24)23-7-1-2-13(23)8-20/h3-6,13,15-16,18,21H,1-2,7,9-11H2/t13-,15?,16?,18?/m0/s1. The van der Waals surface area contributed by atoms with Crippen LogP contribution in [0.5, 0.6) is 0 Å². The molecule has 27 heavy (non-hydrogen) atoms. The predicted molar refractivity (Wildman–Crippen MR) is 94.3 cm³/mol. The number of rotatable bonds is 5. The molecule has 1 aliphatic carbocycles. The molecule has 1 N–H and O–H groups in total. The van der Waals surface area contributed by atoms with Gasteiger partial charge in [0.25, 0.3) is 0 Å². The molecule has 1 aromatic carbocycles. The number of fused-ring (bicyclic) bond motifs is 1. The van der Waals surface area contributed by atoms with Crippen LogP contribution in [0.3, 0.4) is 0 Å². The molecule has 3 atom stereocenters. The van der Waals surface area contributed by atoms with Crippen molar-refractivity contribution in [1.82, 2.24) is 14.5 Å². The fraction of sp³-hybridized carbons (Fsp3) is 0.556. The molecule has 1 aromatic rings. The number of nitrogens with zero attached hydrogens (tertiary/aromatic N) is 3. The lowest BCUT2D eigenvalue weighted by Crippen LogP contribution is -2.43. The Balaban J connectivity index is 1.29. The second kappa shape index (κ2) is 6.86. The van der Waals surface area contributed by atoms with Crippen molar-refractivity contribution in [3.63, 3.8) is 0 Å². The smallest absolute Gasteiger partial charge is 0.243 e. The maximum Gasteiger partial charge on any atom is 0.243 e. The summed E-state index contributed by atoms with van der Waals surface area (Å²) in [5, 5.41) is 12.3. The molecule has 2 unspecified atom stereocenters. The fourth-order valence-corrected chi connectivity index (χ4v) is 5.76. The van der Waals surface area contributed by atoms with E-state index in [0.717, 1.165) is 25.0 Å². The van der Waals surface area contributed by atoms with Crippen molar-refractivity contribution in [2.45, 2.75) is 29.8 Å². The van der Waals surface area contributed by atoms with Gasteiger partial charge in [-0.15, -0.1) is 0 Å². The first-order valence-corrected chi connectivity index (χ1v) is 10.5. The SMILES string of the molecule is N#C[C@@H]1CCCN1C(=O)CNC1C2CN(S(=O)(=O)c3ccc(F)cc3)CC21. The molecule has 0 bridgehead atoms. The Labute approximate surface area is 157 Å². The zero-order chi connectivity index (χ0) is 19.2. The Morgan fingerprint density at radius 1 is 1.26 bits per heavy atom. The maximum atomic E-state index is 13.0. The van der Waals surface area contributed by atoms with Crippen molar-refractivity contribution >= 4 is 15.9 Å². The van der Waals surface area contributed by atoms with E-state index >= 15 is 0 Å². The van der Waals surface area contributed by atoms with Crippen molar-refractivity contribution in [3.8, 4) is 6.07 Å². The Hall–Kier alpha value is -2.02. The molecule has 7 nitrogen and oxygen atoms in total. The monoisotopic (exact) mass is 392 g/mol. The summed E-state index contributed by atoms with van der Waals surface area (Å²) in [5.41, 5.74) is 0. The van der Waals surface area contributed by atoms with Gasteiger partial charge < -0.3 is 10.2 Å². The van der Waals surface area contributed by atoms with E-state index in [1.54, 1.807) is 4.90 Å². The minimum atomic E-state index is -3.61. The number of carbonyl (C=O) groups excluding carboxylic acids is 1. The largest absolute Gasteiger partial charge is 0.326 e. The highest BCUT2D eigenvalue weighted by atomic mass is 32.2. The molecule has 0 spiro atoms. The van der Waals surface area contributed by atoms with Gasteiger partial charge in [-0.3, -0.25) is 4.79 Å². The minimum Gasteiger partial charge on any atom is -0.326 e. The molecule has 1 saturated carbocycles. The Morgan fingerprint density at radius 3 is 2.56 bits per heavy atom. The second-order valence-corrected chi connectivity index (χ2v) is 9.32. The van der Waals surface area contributed by atoms with E-state index in [9.17, 15) is 17.6 Å². The van der Waals surface area contributed by atoms with E-state index in [1.807, 2.05) is 0 Å². The first-order valence-electron chi connectivity index (χ1n) is 9.10. The number of hydrogen-bond acceptors (Lipinski definition) is 5. The zero-order valence-corrected chi connectivity index (χ0v) is 15.5. The fourth-order valence-electron chi connectivity index (χ4n) is 4.25. The van der Waals surface area contributed by atoms with Crippen LogP contribution in [0.2, 0.25) is 0 Å². The van der Waals surface area contributed by atoms with Gasteiger partial charge in [0.1, 0.15) is 11.9 Å². The third-order valence-electron chi connectivity index (χ3n) is 5.82. The van der Waals surface area contributed by atoms with Crippen LogP contribution in [-0.2, 0) is 14.8 Å². The van der Waals surface area contributed by atoms with Gasteiger partial charge >= 0.3 is 0 Å². The summed E-state index contributed by atoms with van der Waals surface area (Å²) in [5.74, 6) is -0.152. The van der Waals surface area contributed by atoms with E-state index in [2.05, 4.69) is 11.4 Å². The summed E-state index contributed by atoms with van der Waals surface area (Å²) in [6.07, 6.45) is 1.59. The van der Waals surface area contributed by atoms with Crippen molar-refractivity contribution in [1.29, 1.82) is 5.26 Å². The van der Waals surface area contributed by atoms with Gasteiger partial charge in [0.2, 0.25) is 15.9 Å². The number of nitrogens with one attached hydrogen (secondary N) is 1. The molecular weight excluding hydrogens is 371 g/mol. The van der Waals surface area contributed by atoms with Gasteiger partial charge in [0.05, 0.1) is 17.5 Å². The van der Waals surface area contributed by atoms with Crippen molar-refractivity contribution in [2.24, 2.45) is 11.8 Å². The summed E-state index contributed by atoms with van der Waals surface area (Å²) < 4.78 is 39.7. The molecule has 2 aliphatic heterocycles. The highest BCUT2D eigenvalue weighted by molar-refractivity contribution is 7.89. The lowest BCUT2D eigenvalue weighted by Gasteiger charge is -2.22. The van der Waals surface area contributed by atoms with Crippen molar-refractivity contribution < 1.29 is 17.6 Å². The summed E-state index contributed by atoms with van der Waals surface area (Å²) in [6.45, 7) is 1.61. The molecule has 9 heteroatoms. The Morgan fingerprint density at radius 2 is 1.93 bits per heavy atom. The lowest BCUT2D eigenvalue weighted by atomic mass is 10.2. The summed E-state index contributed by atoms with van der Waals surface area (Å²) >= 11 is 0. The average Bonchev–Trinajstić information content (AvgIpc) is 3.05. The molecule has 0 aromatic heterocycles. The topological polar surface area (TPSA) is 93.5 Å². The van der Waals surface area contributed by atoms with Crippen LogP contribution in [0.4, 0.5) is 4.39 Å². The first-order chi connectivity index (χ1) is 12.9. The van der Waals surface area contributed by atoms with Crippen molar-refractivity contribution in [2.75, 3.05) is 26.2 Å². The van der Waals surface area contributed by atoms with Gasteiger partial charge in [-0.1, -0.05) is 0 Å². The van der Waals surface area contributed by atoms with Gasteiger partial charge in [0, 0.05) is 25.7 Å². The maximum absolute atomic E-state index is 13.0. The molecule has 2 saturated heterocycles. The second-order valence-electron chi connectivity index (χ2n) is 7.38. The Kier molecular flexibility index (Phi) is 4.66. The van der Waals surface area contributed by atoms with Crippen LogP contribution >= 0.6 is 0 Å². The van der Waals surface area contributed by atoms with Gasteiger partial charge in [-0.2, -0.15) is 9.57 Å². The number of halogens is 1. The molecule has 1 amide bonds. The molecule has 3 fully saturated rings. The number of likely N-dealkylation sites (tertiary alicyclic amines) is 1. The van der Waals surface area contributed by atoms with E-state index in [4.69, 9.17) is 5.26 Å². The van der Waals surface area contributed by atoms with Crippen LogP contribution in [0.25, 0.3) is 0 Å². The van der Waals surface area contributed by atoms with Crippen LogP contribution in [0.15, 0.2) is 29.2 Å². The molecule has 0 radical (unpaired) electrons. The molecule has 4 rings (SSSR count). The summed E-state index contributed by atoms with van der Waals surface area (Å²) in [6, 6.07) is 6.83. The van der Waals surface area contributed by atoms with E-state index in [-0.39, 0.29) is 41.3 Å². The van der Waals surface area contributed by atoms with E-state index < -0.39 is 15.8 Å². The van der Waals surface area contributed by atoms with Crippen LogP contribution in [0.1, 0.15) is 12.8 Å². The zero-order valence-electron chi connectivity index (χ0n) is 14.7. The predicted octanol–water partition coefficient (Wildman–Crippen LogP) is 0.549. The minimum absolute atomic E-state index is 0.0696. The quantitative estimate of drug-likeness (QED) is 0.790. The van der Waals surface area contributed by atoms with E-state index in [0.29, 0.717) is 19.6 Å². The highest BCUT2D eigenvalue weighted by Crippen LogP contribution is 2.47. The third kappa shape index (κ3) is 3.33. The van der Waals surface area contributed by atoms with Crippen LogP contribution < -0.4 is 5.32 Å². The van der Waals surface area contributed by atoms with E-state index in [1.165, 1.54) is 16.4 Å². The average molecular weight is 392 g/mol. The molecule has 3 aliphatic rings. The summed E-state index contributed by atoms with van der Waals surface area (Å²) in [7, 11) is -3.61. The number of piperidine rings is 1. The van der Waals surface area contributed by atoms with Crippen LogP contribution in [-0.4, -0.2) is 61.8 Å². The summed E-state index contributed by atoms with van der Waals surface area (Å²) in [4.78, 5) is 14.0. The number of carbonyl (C=O) groups is 1. The highest BCUT2D eigenvalue weighted by Gasteiger charge is 2.58. The van der Waals surface area contributed by atoms with Crippen LogP contribution in [0, 0.1) is 29.0 Å². The first kappa shape index (κ1) is 18.3. The molecular formula is C18H21FN4O3S. The van der Waals surface area contributed by atoms with Gasteiger partial charge in [-0.25, -0.2) is 12.8 Å². The number of hydrogen-bond donors (Lipinski definition) is 1. The lowest BCUT2D eigenvalue weighted by molar-refractivity contribution is -0.130. The number of benzene rings is 1. The normalized spacial score (nSPS) is 30.1. The number of amides is 1. The van der Waals surface area contributed by atoms with Crippen molar-refractivity contribution in [3.05, 3.63) is 30.1 Å². The van der Waals surface area contributed by atoms with Gasteiger partial charge in [0.15, 0.2) is 0 Å². The molecule has 2 heterocycles. The number of nitriles is 1. The Bertz CT molecular complexity index is 871. The molecule has 144 valence electrons.